The van der Waals surface area contributed by atoms with Crippen molar-refractivity contribution < 1.29 is 4.79 Å². The molecule has 0 atom stereocenters. The molecule has 6 heavy (non-hydrogen) atoms. The molecule has 0 saturated carbocycles. The standard InChI is InChI=1S/C3H5ClO.Mg.2H/c1-2-3(4)5;;;/h2H2,1H3;;;. The van der Waals surface area contributed by atoms with Gasteiger partial charge in [0.15, 0.2) is 0 Å². The summed E-state index contributed by atoms with van der Waals surface area (Å²) in [6.45, 7) is 1.72. The van der Waals surface area contributed by atoms with Gasteiger partial charge in [0.05, 0.1) is 0 Å². The van der Waals surface area contributed by atoms with Crippen molar-refractivity contribution in [3.05, 3.63) is 0 Å². The molecular formula is C3H7ClMgO. The van der Waals surface area contributed by atoms with Crippen LogP contribution in [0.4, 0.5) is 0 Å². The Morgan fingerprint density at radius 1 is 1.83 bits per heavy atom. The van der Waals surface area contributed by atoms with Crippen LogP contribution >= 0.6 is 11.6 Å². The van der Waals surface area contributed by atoms with E-state index in [4.69, 9.17) is 11.6 Å². The molecule has 0 saturated heterocycles. The van der Waals surface area contributed by atoms with Crippen LogP contribution in [0.2, 0.25) is 0 Å². The van der Waals surface area contributed by atoms with Crippen molar-refractivity contribution >= 4 is 39.9 Å². The number of halogens is 1. The summed E-state index contributed by atoms with van der Waals surface area (Å²) in [5.74, 6) is 0. The molecule has 0 amide bonds. The second-order valence-electron chi connectivity index (χ2n) is 0.709. The molecule has 0 bridgehead atoms. The predicted molar refractivity (Wildman–Crippen MR) is 29.7 cm³/mol. The van der Waals surface area contributed by atoms with Gasteiger partial charge >= 0.3 is 23.1 Å². The predicted octanol–water partition coefficient (Wildman–Crippen LogP) is 0.246. The molecule has 0 aromatic heterocycles. The SMILES string of the molecule is CCC(=O)Cl.[MgH2]. The summed E-state index contributed by atoms with van der Waals surface area (Å²) in [5.41, 5.74) is 0. The minimum Gasteiger partial charge on any atom is -0.281 e. The summed E-state index contributed by atoms with van der Waals surface area (Å²) in [6.07, 6.45) is 0.432. The topological polar surface area (TPSA) is 17.1 Å². The minimum absolute atomic E-state index is 0. The zero-order valence-corrected chi connectivity index (χ0v) is 3.75. The number of carbonyl (C=O) groups excluding carboxylic acids is 1. The van der Waals surface area contributed by atoms with Crippen molar-refractivity contribution in [1.29, 1.82) is 0 Å². The van der Waals surface area contributed by atoms with Crippen LogP contribution in [0.25, 0.3) is 0 Å². The van der Waals surface area contributed by atoms with Crippen molar-refractivity contribution in [2.24, 2.45) is 0 Å². The van der Waals surface area contributed by atoms with Crippen LogP contribution in [-0.2, 0) is 4.79 Å². The summed E-state index contributed by atoms with van der Waals surface area (Å²) in [5, 5.41) is -0.273. The minimum atomic E-state index is -0.273. The number of hydrogen-bond acceptors (Lipinski definition) is 1. The second kappa shape index (κ2) is 5.73. The molecule has 0 aliphatic heterocycles. The molecule has 0 aliphatic rings. The van der Waals surface area contributed by atoms with Gasteiger partial charge in [0.25, 0.3) is 0 Å². The first kappa shape index (κ1) is 9.87. The normalized spacial score (nSPS) is 6.33. The Bertz CT molecular complexity index is 46.1. The van der Waals surface area contributed by atoms with E-state index in [1.165, 1.54) is 0 Å². The van der Waals surface area contributed by atoms with Gasteiger partial charge in [-0.15, -0.1) is 0 Å². The lowest BCUT2D eigenvalue weighted by Crippen LogP contribution is -1.74. The van der Waals surface area contributed by atoms with E-state index in [1.54, 1.807) is 6.92 Å². The summed E-state index contributed by atoms with van der Waals surface area (Å²) in [7, 11) is 0. The van der Waals surface area contributed by atoms with Crippen LogP contribution in [0.15, 0.2) is 0 Å². The van der Waals surface area contributed by atoms with E-state index in [0.29, 0.717) is 6.42 Å². The van der Waals surface area contributed by atoms with E-state index in [1.807, 2.05) is 0 Å². The van der Waals surface area contributed by atoms with Gasteiger partial charge < -0.3 is 0 Å². The molecule has 0 unspecified atom stereocenters. The first-order chi connectivity index (χ1) is 2.27. The number of rotatable bonds is 1. The van der Waals surface area contributed by atoms with Crippen LogP contribution < -0.4 is 0 Å². The molecule has 0 aromatic rings. The summed E-state index contributed by atoms with van der Waals surface area (Å²) < 4.78 is 0. The van der Waals surface area contributed by atoms with Crippen molar-refractivity contribution in [3.8, 4) is 0 Å². The highest BCUT2D eigenvalue weighted by atomic mass is 35.5. The van der Waals surface area contributed by atoms with Gasteiger partial charge in [-0.3, -0.25) is 4.79 Å². The molecule has 0 fully saturated rings. The van der Waals surface area contributed by atoms with Crippen LogP contribution in [0.5, 0.6) is 0 Å². The average molecular weight is 119 g/mol. The highest BCUT2D eigenvalue weighted by molar-refractivity contribution is 6.63. The molecule has 0 rings (SSSR count). The molecule has 0 aliphatic carbocycles. The largest absolute Gasteiger partial charge is 0.316 e. The maximum atomic E-state index is 9.58. The van der Waals surface area contributed by atoms with Gasteiger partial charge in [0, 0.05) is 6.42 Å². The zero-order valence-electron chi connectivity index (χ0n) is 2.99. The molecule has 0 N–H and O–H groups in total. The van der Waals surface area contributed by atoms with E-state index >= 15 is 0 Å². The Morgan fingerprint density at radius 2 is 2.00 bits per heavy atom. The summed E-state index contributed by atoms with van der Waals surface area (Å²) >= 11 is 4.82. The fraction of sp³-hybridized carbons (Fsp3) is 0.667. The van der Waals surface area contributed by atoms with Crippen molar-refractivity contribution in [3.63, 3.8) is 0 Å². The van der Waals surface area contributed by atoms with Crippen LogP contribution in [0.3, 0.4) is 0 Å². The Balaban J connectivity index is 0. The fourth-order valence-electron chi connectivity index (χ4n) is 0. The molecule has 34 valence electrons. The van der Waals surface area contributed by atoms with E-state index in [0.717, 1.165) is 0 Å². The first-order valence-electron chi connectivity index (χ1n) is 1.45. The van der Waals surface area contributed by atoms with E-state index in [9.17, 15) is 4.79 Å². The van der Waals surface area contributed by atoms with Gasteiger partial charge in [-0.05, 0) is 11.6 Å². The van der Waals surface area contributed by atoms with Crippen molar-refractivity contribution in [2.75, 3.05) is 0 Å². The zero-order chi connectivity index (χ0) is 4.28. The Labute approximate surface area is 58.2 Å². The number of hydrogen-bond donors (Lipinski definition) is 0. The second-order valence-corrected chi connectivity index (χ2v) is 1.13. The molecule has 1 nitrogen and oxygen atoms in total. The maximum Gasteiger partial charge on any atom is 0.316 e. The quantitative estimate of drug-likeness (QED) is 0.357. The molecule has 0 heterocycles. The van der Waals surface area contributed by atoms with Gasteiger partial charge in [-0.2, -0.15) is 0 Å². The monoisotopic (exact) mass is 118 g/mol. The van der Waals surface area contributed by atoms with Gasteiger partial charge in [-0.25, -0.2) is 0 Å². The summed E-state index contributed by atoms with van der Waals surface area (Å²) in [4.78, 5) is 9.58. The first-order valence-corrected chi connectivity index (χ1v) is 1.83. The van der Waals surface area contributed by atoms with Gasteiger partial charge in [0.1, 0.15) is 0 Å². The Morgan fingerprint density at radius 3 is 2.00 bits per heavy atom. The van der Waals surface area contributed by atoms with Crippen LogP contribution in [0, 0.1) is 0 Å². The highest BCUT2D eigenvalue weighted by Gasteiger charge is 1.81. The van der Waals surface area contributed by atoms with Crippen molar-refractivity contribution in [1.82, 2.24) is 0 Å². The Hall–Kier alpha value is 0.726. The smallest absolute Gasteiger partial charge is 0.281 e. The third-order valence-electron chi connectivity index (χ3n) is 0.278. The molecule has 0 aromatic carbocycles. The molecule has 0 radical (unpaired) electrons. The lowest BCUT2D eigenvalue weighted by atomic mass is 10.6. The fourth-order valence-corrected chi connectivity index (χ4v) is 0. The lowest BCUT2D eigenvalue weighted by Gasteiger charge is -1.68. The summed E-state index contributed by atoms with van der Waals surface area (Å²) in [6, 6.07) is 0. The van der Waals surface area contributed by atoms with Gasteiger partial charge in [-0.1, -0.05) is 6.92 Å². The van der Waals surface area contributed by atoms with Crippen LogP contribution in [-0.4, -0.2) is 28.3 Å². The maximum absolute atomic E-state index is 9.58. The highest BCUT2D eigenvalue weighted by Crippen LogP contribution is 1.81. The molecular weight excluding hydrogens is 112 g/mol. The van der Waals surface area contributed by atoms with E-state index < -0.39 is 0 Å². The molecule has 3 heteroatoms. The lowest BCUT2D eigenvalue weighted by molar-refractivity contribution is -0.111. The third-order valence-corrected chi connectivity index (χ3v) is 0.545. The van der Waals surface area contributed by atoms with E-state index in [-0.39, 0.29) is 28.3 Å². The Kier molecular flexibility index (Phi) is 9.42. The number of carbonyl (C=O) groups is 1. The van der Waals surface area contributed by atoms with Gasteiger partial charge in [0.2, 0.25) is 5.24 Å². The third kappa shape index (κ3) is 8.83. The van der Waals surface area contributed by atoms with E-state index in [2.05, 4.69) is 0 Å². The van der Waals surface area contributed by atoms with Crippen LogP contribution in [0.1, 0.15) is 13.3 Å². The average Bonchev–Trinajstić information content (AvgIpc) is 1.38. The molecule has 0 spiro atoms. The van der Waals surface area contributed by atoms with Crippen molar-refractivity contribution in [2.45, 2.75) is 13.3 Å².